The van der Waals surface area contributed by atoms with E-state index < -0.39 is 5.82 Å². The summed E-state index contributed by atoms with van der Waals surface area (Å²) in [5.74, 6) is -0.0615. The van der Waals surface area contributed by atoms with Crippen LogP contribution in [0.4, 0.5) is 10.2 Å². The van der Waals surface area contributed by atoms with Crippen LogP contribution in [0.25, 0.3) is 43.5 Å². The summed E-state index contributed by atoms with van der Waals surface area (Å²) in [5.41, 5.74) is 10.0. The van der Waals surface area contributed by atoms with E-state index in [4.69, 9.17) is 10.7 Å². The number of nitrogens with zero attached hydrogens (tertiary/aromatic N) is 4. The maximum absolute atomic E-state index is 16.1. The van der Waals surface area contributed by atoms with Crippen molar-refractivity contribution >= 4 is 55.1 Å². The Bertz CT molecular complexity index is 1510. The highest BCUT2D eigenvalue weighted by molar-refractivity contribution is 8.13. The van der Waals surface area contributed by atoms with Crippen LogP contribution in [0.5, 0.6) is 0 Å². The molecule has 0 saturated carbocycles. The second-order valence-corrected chi connectivity index (χ2v) is 8.97. The van der Waals surface area contributed by atoms with Crippen molar-refractivity contribution in [3.05, 3.63) is 71.6 Å². The molecular formula is C25H20FN5S2. The molecule has 8 heteroatoms. The predicted octanol–water partition coefficient (Wildman–Crippen LogP) is 6.42. The first-order valence-corrected chi connectivity index (χ1v) is 12.5. The lowest BCUT2D eigenvalue weighted by Gasteiger charge is -2.13. The van der Waals surface area contributed by atoms with Crippen LogP contribution in [-0.2, 0) is 0 Å². The number of aromatic nitrogens is 3. The molecule has 0 fully saturated rings. The Labute approximate surface area is 198 Å². The number of rotatable bonds is 4. The van der Waals surface area contributed by atoms with Gasteiger partial charge in [0.15, 0.2) is 5.82 Å². The highest BCUT2D eigenvalue weighted by Crippen LogP contribution is 2.39. The maximum atomic E-state index is 16.1. The zero-order chi connectivity index (χ0) is 22.9. The largest absolute Gasteiger partial charge is 0.383 e. The van der Waals surface area contributed by atoms with Crippen molar-refractivity contribution in [1.82, 2.24) is 15.0 Å². The highest BCUT2D eigenvalue weighted by Gasteiger charge is 2.20. The zero-order valence-corrected chi connectivity index (χ0v) is 19.7. The fourth-order valence-corrected chi connectivity index (χ4v) is 5.46. The van der Waals surface area contributed by atoms with Crippen molar-refractivity contribution in [2.24, 2.45) is 4.99 Å². The summed E-state index contributed by atoms with van der Waals surface area (Å²) >= 11 is 2.96. The van der Waals surface area contributed by atoms with Crippen molar-refractivity contribution in [3.8, 4) is 22.4 Å². The molecule has 0 amide bonds. The minimum absolute atomic E-state index is 0.302. The Morgan fingerprint density at radius 3 is 2.70 bits per heavy atom. The lowest BCUT2D eigenvalue weighted by Crippen LogP contribution is -2.02. The van der Waals surface area contributed by atoms with Crippen molar-refractivity contribution in [1.29, 1.82) is 0 Å². The first kappa shape index (κ1) is 21.5. The summed E-state index contributed by atoms with van der Waals surface area (Å²) in [5, 5.41) is 4.11. The number of anilines is 1. The van der Waals surface area contributed by atoms with Crippen LogP contribution in [0.1, 0.15) is 12.5 Å². The van der Waals surface area contributed by atoms with Gasteiger partial charge < -0.3 is 5.73 Å². The number of aliphatic imine (C=N–C) groups is 1. The van der Waals surface area contributed by atoms with E-state index in [2.05, 4.69) is 15.0 Å². The van der Waals surface area contributed by atoms with Crippen LogP contribution in [0, 0.1) is 5.82 Å². The molecule has 0 aliphatic rings. The third-order valence-corrected chi connectivity index (χ3v) is 7.03. The van der Waals surface area contributed by atoms with E-state index in [0.29, 0.717) is 40.1 Å². The first-order chi connectivity index (χ1) is 16.1. The predicted molar refractivity (Wildman–Crippen MR) is 139 cm³/mol. The van der Waals surface area contributed by atoms with Gasteiger partial charge in [-0.25, -0.2) is 19.3 Å². The Hall–Kier alpha value is -3.36. The molecule has 0 radical (unpaired) electrons. The zero-order valence-electron chi connectivity index (χ0n) is 18.0. The average Bonchev–Trinajstić information content (AvgIpc) is 3.28. The molecule has 5 nitrogen and oxygen atoms in total. The number of thiophene rings is 1. The number of halogens is 1. The molecule has 3 heterocycles. The van der Waals surface area contributed by atoms with Gasteiger partial charge in [0, 0.05) is 39.6 Å². The summed E-state index contributed by atoms with van der Waals surface area (Å²) < 4.78 is 16.1. The summed E-state index contributed by atoms with van der Waals surface area (Å²) in [6.45, 7) is 2.63. The van der Waals surface area contributed by atoms with E-state index in [1.165, 1.54) is 17.7 Å². The van der Waals surface area contributed by atoms with Crippen molar-refractivity contribution in [3.63, 3.8) is 0 Å². The number of nitrogens with two attached hydrogens (primary N) is 1. The number of thioether (sulfide) groups is 1. The van der Waals surface area contributed by atoms with Gasteiger partial charge >= 0.3 is 0 Å². The number of pyridine rings is 1. The Morgan fingerprint density at radius 2 is 1.94 bits per heavy atom. The maximum Gasteiger partial charge on any atom is 0.157 e. The third kappa shape index (κ3) is 3.75. The Kier molecular flexibility index (Phi) is 5.78. The topological polar surface area (TPSA) is 77.0 Å². The summed E-state index contributed by atoms with van der Waals surface area (Å²) in [6.07, 6.45) is 3.40. The molecule has 33 heavy (non-hydrogen) atoms. The third-order valence-electron chi connectivity index (χ3n) is 5.40. The van der Waals surface area contributed by atoms with Crippen LogP contribution >= 0.6 is 23.1 Å². The van der Waals surface area contributed by atoms with Gasteiger partial charge in [0.2, 0.25) is 0 Å². The van der Waals surface area contributed by atoms with Gasteiger partial charge in [-0.15, -0.1) is 23.1 Å². The molecule has 5 aromatic rings. The van der Waals surface area contributed by atoms with Gasteiger partial charge in [-0.1, -0.05) is 42.5 Å². The standard InChI is InChI=1S/C25H20FN5S2/c1-3-28-24(32-2)17-11-19(14-7-5-4-6-8-14)31-22-16(17)10-9-15(21(22)26)18-12-33-25-20(18)23(27)29-13-30-25/h4-13H,3H2,1-2H3,(H2,27,29,30). The van der Waals surface area contributed by atoms with E-state index in [-0.39, 0.29) is 0 Å². The van der Waals surface area contributed by atoms with Crippen molar-refractivity contribution in [2.45, 2.75) is 6.92 Å². The molecule has 0 spiro atoms. The Balaban J connectivity index is 1.82. The monoisotopic (exact) mass is 473 g/mol. The smallest absolute Gasteiger partial charge is 0.157 e. The van der Waals surface area contributed by atoms with Gasteiger partial charge in [-0.3, -0.25) is 4.99 Å². The lowest BCUT2D eigenvalue weighted by atomic mass is 9.99. The second kappa shape index (κ2) is 8.88. The minimum Gasteiger partial charge on any atom is -0.383 e. The van der Waals surface area contributed by atoms with Gasteiger partial charge in [0.05, 0.1) is 16.1 Å². The number of hydrogen-bond donors (Lipinski definition) is 1. The lowest BCUT2D eigenvalue weighted by molar-refractivity contribution is 0.640. The summed E-state index contributed by atoms with van der Waals surface area (Å²) in [4.78, 5) is 18.5. The summed E-state index contributed by atoms with van der Waals surface area (Å²) in [7, 11) is 0. The molecule has 0 atom stereocenters. The van der Waals surface area contributed by atoms with E-state index >= 15 is 4.39 Å². The fraction of sp³-hybridized carbons (Fsp3) is 0.120. The van der Waals surface area contributed by atoms with Crippen molar-refractivity contribution in [2.75, 3.05) is 18.5 Å². The molecule has 5 rings (SSSR count). The van der Waals surface area contributed by atoms with Gasteiger partial charge in [0.25, 0.3) is 0 Å². The van der Waals surface area contributed by atoms with Crippen LogP contribution in [0.3, 0.4) is 0 Å². The average molecular weight is 474 g/mol. The molecule has 0 bridgehead atoms. The molecule has 0 unspecified atom stereocenters. The van der Waals surface area contributed by atoms with Crippen LogP contribution in [0.15, 0.2) is 65.2 Å². The van der Waals surface area contributed by atoms with E-state index in [1.54, 1.807) is 17.8 Å². The molecule has 2 N–H and O–H groups in total. The molecular weight excluding hydrogens is 453 g/mol. The van der Waals surface area contributed by atoms with Gasteiger partial charge in [0.1, 0.15) is 22.5 Å². The molecule has 0 saturated heterocycles. The fourth-order valence-electron chi connectivity index (χ4n) is 3.90. The number of fused-ring (bicyclic) bond motifs is 2. The van der Waals surface area contributed by atoms with Gasteiger partial charge in [-0.2, -0.15) is 0 Å². The number of hydrogen-bond acceptors (Lipinski definition) is 7. The molecule has 2 aromatic carbocycles. The molecule has 0 aliphatic carbocycles. The van der Waals surface area contributed by atoms with Crippen LogP contribution in [-0.4, -0.2) is 32.8 Å². The highest BCUT2D eigenvalue weighted by atomic mass is 32.2. The minimum atomic E-state index is -0.397. The number of benzene rings is 2. The first-order valence-electron chi connectivity index (χ1n) is 10.4. The van der Waals surface area contributed by atoms with E-state index in [0.717, 1.165) is 26.4 Å². The summed E-state index contributed by atoms with van der Waals surface area (Å²) in [6, 6.07) is 15.5. The molecule has 164 valence electrons. The Morgan fingerprint density at radius 1 is 1.12 bits per heavy atom. The normalized spacial score (nSPS) is 12.0. The molecule has 0 aliphatic heterocycles. The van der Waals surface area contributed by atoms with Crippen LogP contribution < -0.4 is 5.73 Å². The number of nitrogen functional groups attached to an aromatic ring is 1. The molecule has 3 aromatic heterocycles. The van der Waals surface area contributed by atoms with Gasteiger partial charge in [-0.05, 0) is 19.2 Å². The van der Waals surface area contributed by atoms with E-state index in [9.17, 15) is 0 Å². The van der Waals surface area contributed by atoms with Crippen LogP contribution in [0.2, 0.25) is 0 Å². The van der Waals surface area contributed by atoms with E-state index in [1.807, 2.05) is 61.0 Å². The SMILES string of the molecule is CCN=C(SC)c1cc(-c2ccccc2)nc2c(F)c(-c3csc4ncnc(N)c34)ccc12. The van der Waals surface area contributed by atoms with Crippen molar-refractivity contribution < 1.29 is 4.39 Å². The quantitative estimate of drug-likeness (QED) is 0.241. The second-order valence-electron chi connectivity index (χ2n) is 7.32.